The molecule has 2 N–H and O–H groups in total. The third-order valence-corrected chi connectivity index (χ3v) is 8.43. The summed E-state index contributed by atoms with van der Waals surface area (Å²) >= 11 is 1.47. The Morgan fingerprint density at radius 3 is 2.67 bits per heavy atom. The monoisotopic (exact) mass is 504 g/mol. The molecule has 0 atom stereocenters. The number of carbonyl (C=O) groups is 2. The van der Waals surface area contributed by atoms with Crippen LogP contribution in [0.5, 0.6) is 0 Å². The van der Waals surface area contributed by atoms with Gasteiger partial charge in [0, 0.05) is 57.4 Å². The Balaban J connectivity index is 1.11. The molecule has 4 aromatic heterocycles. The standard InChI is InChI=1S/C25H28N8O2S/c1-16-20(8-17(9-27-16)22(34)26-6-7-32-14-25(15-32)4-3-5-25)30-23(35)19-11-29-33-13-21(36-24(19)33)18-10-28-31(2)12-18/h8-13H,3-7,14-15H2,1-2H3,(H,26,34)(H,30,35). The number of nitrogens with zero attached hydrogens (tertiary/aromatic N) is 6. The molecule has 2 fully saturated rings. The molecule has 0 unspecified atom stereocenters. The van der Waals surface area contributed by atoms with Crippen LogP contribution >= 0.6 is 11.3 Å². The van der Waals surface area contributed by atoms with Crippen molar-refractivity contribution in [3.8, 4) is 10.4 Å². The molecular weight excluding hydrogens is 476 g/mol. The van der Waals surface area contributed by atoms with E-state index in [0.29, 0.717) is 34.5 Å². The molecule has 2 aliphatic rings. The van der Waals surface area contributed by atoms with Crippen molar-refractivity contribution in [3.63, 3.8) is 0 Å². The van der Waals surface area contributed by atoms with Crippen molar-refractivity contribution in [3.05, 3.63) is 53.9 Å². The van der Waals surface area contributed by atoms with Crippen LogP contribution in [0.2, 0.25) is 0 Å². The molecule has 6 rings (SSSR count). The number of thiazole rings is 1. The molecule has 0 bridgehead atoms. The van der Waals surface area contributed by atoms with Crippen LogP contribution in [0.1, 0.15) is 45.7 Å². The van der Waals surface area contributed by atoms with E-state index in [2.05, 4.69) is 30.7 Å². The number of carbonyl (C=O) groups excluding carboxylic acids is 2. The highest BCUT2D eigenvalue weighted by Crippen LogP contribution is 2.47. The maximum Gasteiger partial charge on any atom is 0.260 e. The molecule has 1 saturated heterocycles. The molecule has 0 radical (unpaired) electrons. The molecule has 10 nitrogen and oxygen atoms in total. The number of aromatic nitrogens is 5. The zero-order valence-corrected chi connectivity index (χ0v) is 21.1. The minimum Gasteiger partial charge on any atom is -0.351 e. The van der Waals surface area contributed by atoms with Crippen LogP contribution in [0.25, 0.3) is 15.3 Å². The molecule has 11 heteroatoms. The first-order valence-electron chi connectivity index (χ1n) is 12.1. The summed E-state index contributed by atoms with van der Waals surface area (Å²) in [4.78, 5) is 34.3. The Labute approximate surface area is 212 Å². The summed E-state index contributed by atoms with van der Waals surface area (Å²) < 4.78 is 3.43. The fourth-order valence-corrected chi connectivity index (χ4v) is 6.11. The number of likely N-dealkylation sites (tertiary alicyclic amines) is 1. The van der Waals surface area contributed by atoms with Gasteiger partial charge in [-0.3, -0.25) is 19.3 Å². The minimum absolute atomic E-state index is 0.191. The number of hydrogen-bond donors (Lipinski definition) is 2. The topological polar surface area (TPSA) is 109 Å². The van der Waals surface area contributed by atoms with Gasteiger partial charge in [-0.15, -0.1) is 11.3 Å². The molecular formula is C25H28N8O2S. The molecule has 5 heterocycles. The molecule has 36 heavy (non-hydrogen) atoms. The fourth-order valence-electron chi connectivity index (χ4n) is 5.08. The van der Waals surface area contributed by atoms with Crippen LogP contribution in [-0.4, -0.2) is 67.3 Å². The minimum atomic E-state index is -0.297. The van der Waals surface area contributed by atoms with Gasteiger partial charge in [-0.05, 0) is 31.2 Å². The summed E-state index contributed by atoms with van der Waals surface area (Å²) in [5.41, 5.74) is 3.58. The summed E-state index contributed by atoms with van der Waals surface area (Å²) in [6.07, 6.45) is 12.7. The van der Waals surface area contributed by atoms with Gasteiger partial charge >= 0.3 is 0 Å². The molecule has 2 amide bonds. The van der Waals surface area contributed by atoms with Gasteiger partial charge < -0.3 is 15.5 Å². The van der Waals surface area contributed by atoms with Crippen LogP contribution in [0.3, 0.4) is 0 Å². The highest BCUT2D eigenvalue weighted by atomic mass is 32.1. The van der Waals surface area contributed by atoms with Gasteiger partial charge in [-0.25, -0.2) is 4.52 Å². The Bertz CT molecular complexity index is 1460. The van der Waals surface area contributed by atoms with E-state index >= 15 is 0 Å². The normalized spacial score (nSPS) is 16.6. The third kappa shape index (κ3) is 4.18. The van der Waals surface area contributed by atoms with Crippen molar-refractivity contribution in [2.75, 3.05) is 31.5 Å². The van der Waals surface area contributed by atoms with Crippen molar-refractivity contribution in [2.24, 2.45) is 12.5 Å². The molecule has 4 aromatic rings. The van der Waals surface area contributed by atoms with Gasteiger partial charge in [-0.2, -0.15) is 10.2 Å². The molecule has 1 aliphatic heterocycles. The first kappa shape index (κ1) is 22.9. The van der Waals surface area contributed by atoms with E-state index in [4.69, 9.17) is 0 Å². The Morgan fingerprint density at radius 1 is 1.11 bits per heavy atom. The van der Waals surface area contributed by atoms with Crippen LogP contribution in [0.4, 0.5) is 5.69 Å². The molecule has 186 valence electrons. The smallest absolute Gasteiger partial charge is 0.260 e. The predicted molar refractivity (Wildman–Crippen MR) is 137 cm³/mol. The number of aryl methyl sites for hydroxylation is 2. The van der Waals surface area contributed by atoms with Crippen molar-refractivity contribution >= 4 is 33.7 Å². The van der Waals surface area contributed by atoms with Gasteiger partial charge in [0.1, 0.15) is 4.83 Å². The fraction of sp³-hybridized carbons (Fsp3) is 0.400. The highest BCUT2D eigenvalue weighted by molar-refractivity contribution is 7.21. The van der Waals surface area contributed by atoms with E-state index in [-0.39, 0.29) is 11.8 Å². The zero-order valence-electron chi connectivity index (χ0n) is 20.3. The van der Waals surface area contributed by atoms with Gasteiger partial charge in [0.25, 0.3) is 11.8 Å². The SMILES string of the molecule is Cc1ncc(C(=O)NCCN2CC3(CCC3)C2)cc1NC(=O)c1cnn2cc(-c3cnn(C)c3)sc12. The van der Waals surface area contributed by atoms with Crippen molar-refractivity contribution in [2.45, 2.75) is 26.2 Å². The summed E-state index contributed by atoms with van der Waals surface area (Å²) in [5, 5.41) is 14.4. The second-order valence-corrected chi connectivity index (χ2v) is 11.0. The van der Waals surface area contributed by atoms with E-state index in [1.165, 1.54) is 30.6 Å². The first-order valence-corrected chi connectivity index (χ1v) is 13.0. The van der Waals surface area contributed by atoms with E-state index in [9.17, 15) is 9.59 Å². The molecule has 1 saturated carbocycles. The lowest BCUT2D eigenvalue weighted by Gasteiger charge is -2.56. The summed E-state index contributed by atoms with van der Waals surface area (Å²) in [6, 6.07) is 1.68. The highest BCUT2D eigenvalue weighted by Gasteiger charge is 2.46. The van der Waals surface area contributed by atoms with Gasteiger partial charge in [0.2, 0.25) is 0 Å². The number of hydrogen-bond acceptors (Lipinski definition) is 7. The number of rotatable bonds is 7. The second-order valence-electron chi connectivity index (χ2n) is 9.94. The average Bonchev–Trinajstić information content (AvgIpc) is 3.50. The summed E-state index contributed by atoms with van der Waals surface area (Å²) in [7, 11) is 1.86. The predicted octanol–water partition coefficient (Wildman–Crippen LogP) is 2.97. The lowest BCUT2D eigenvalue weighted by atomic mass is 9.63. The van der Waals surface area contributed by atoms with Crippen LogP contribution in [0, 0.1) is 12.3 Å². The summed E-state index contributed by atoms with van der Waals surface area (Å²) in [5.74, 6) is -0.487. The van der Waals surface area contributed by atoms with Gasteiger partial charge in [0.05, 0.1) is 39.8 Å². The van der Waals surface area contributed by atoms with Gasteiger partial charge in [-0.1, -0.05) is 6.42 Å². The Hall–Kier alpha value is -3.57. The Kier molecular flexibility index (Phi) is 5.60. The first-order chi connectivity index (χ1) is 17.4. The molecule has 1 aliphatic carbocycles. The lowest BCUT2D eigenvalue weighted by molar-refractivity contribution is -0.0582. The molecule has 0 aromatic carbocycles. The molecule has 1 spiro atoms. The lowest BCUT2D eigenvalue weighted by Crippen LogP contribution is -2.60. The number of nitrogens with one attached hydrogen (secondary N) is 2. The number of fused-ring (bicyclic) bond motifs is 1. The average molecular weight is 505 g/mol. The van der Waals surface area contributed by atoms with Gasteiger partial charge in [0.15, 0.2) is 0 Å². The second kappa shape index (κ2) is 8.82. The van der Waals surface area contributed by atoms with E-state index < -0.39 is 0 Å². The maximum atomic E-state index is 13.1. The maximum absolute atomic E-state index is 13.1. The van der Waals surface area contributed by atoms with Crippen LogP contribution in [-0.2, 0) is 7.05 Å². The van der Waals surface area contributed by atoms with E-state index in [1.807, 2.05) is 19.4 Å². The van der Waals surface area contributed by atoms with Crippen molar-refractivity contribution < 1.29 is 9.59 Å². The quantitative estimate of drug-likeness (QED) is 0.401. The van der Waals surface area contributed by atoms with E-state index in [1.54, 1.807) is 40.8 Å². The number of anilines is 1. The van der Waals surface area contributed by atoms with Crippen molar-refractivity contribution in [1.82, 2.24) is 34.6 Å². The number of amides is 2. The van der Waals surface area contributed by atoms with E-state index in [0.717, 1.165) is 34.9 Å². The Morgan fingerprint density at radius 2 is 1.94 bits per heavy atom. The van der Waals surface area contributed by atoms with Crippen LogP contribution < -0.4 is 10.6 Å². The largest absolute Gasteiger partial charge is 0.351 e. The van der Waals surface area contributed by atoms with Crippen molar-refractivity contribution in [1.29, 1.82) is 0 Å². The third-order valence-electron chi connectivity index (χ3n) is 7.27. The number of pyridine rings is 1. The zero-order chi connectivity index (χ0) is 24.9. The van der Waals surface area contributed by atoms with Crippen LogP contribution in [0.15, 0.2) is 37.1 Å². The summed E-state index contributed by atoms with van der Waals surface area (Å²) in [6.45, 7) is 5.56.